The minimum Gasteiger partial charge on any atom is -0.324 e. The first-order valence-corrected chi connectivity index (χ1v) is 11.4. The second kappa shape index (κ2) is 8.09. The molecule has 166 valence electrons. The molecule has 0 radical (unpaired) electrons. The van der Waals surface area contributed by atoms with Gasteiger partial charge in [-0.3, -0.25) is 19.8 Å². The lowest BCUT2D eigenvalue weighted by molar-refractivity contribution is 0.0845. The van der Waals surface area contributed by atoms with Gasteiger partial charge in [0, 0.05) is 23.7 Å². The number of fused-ring (bicyclic) bond motifs is 3. The van der Waals surface area contributed by atoms with Crippen molar-refractivity contribution in [3.05, 3.63) is 101 Å². The van der Waals surface area contributed by atoms with Gasteiger partial charge in [-0.2, -0.15) is 10.1 Å². The Balaban J connectivity index is 1.30. The summed E-state index contributed by atoms with van der Waals surface area (Å²) in [4.78, 5) is 28.3. The largest absolute Gasteiger partial charge is 0.324 e. The van der Waals surface area contributed by atoms with Gasteiger partial charge in [-0.25, -0.2) is 4.98 Å². The molecule has 6 rings (SSSR count). The number of carbonyl (C=O) groups excluding carboxylic acids is 1. The minimum absolute atomic E-state index is 0.186. The average Bonchev–Trinajstić information content (AvgIpc) is 3.47. The van der Waals surface area contributed by atoms with Crippen LogP contribution < -0.4 is 10.6 Å². The van der Waals surface area contributed by atoms with Gasteiger partial charge < -0.3 is 10.6 Å². The maximum absolute atomic E-state index is 13.1. The molecule has 2 bridgehead atoms. The lowest BCUT2D eigenvalue weighted by Crippen LogP contribution is -2.32. The summed E-state index contributed by atoms with van der Waals surface area (Å²) in [6.07, 6.45) is 11.1. The van der Waals surface area contributed by atoms with Crippen LogP contribution in [0.5, 0.6) is 0 Å². The van der Waals surface area contributed by atoms with E-state index < -0.39 is 0 Å². The normalized spacial score (nSPS) is 14.5. The van der Waals surface area contributed by atoms with Crippen LogP contribution >= 0.6 is 11.3 Å². The third-order valence-corrected chi connectivity index (χ3v) is 6.17. The fraction of sp³-hybridized carbons (Fsp3) is 0.0417. The van der Waals surface area contributed by atoms with E-state index in [2.05, 4.69) is 30.8 Å². The number of aromatic amines is 1. The van der Waals surface area contributed by atoms with Crippen LogP contribution in [-0.2, 0) is 0 Å². The van der Waals surface area contributed by atoms with Gasteiger partial charge in [0.25, 0.3) is 5.91 Å². The topological polar surface area (TPSA) is 112 Å². The Kier molecular flexibility index (Phi) is 4.77. The Bertz CT molecular complexity index is 1540. The first-order chi connectivity index (χ1) is 16.6. The molecular weight excluding hydrogens is 448 g/mol. The fourth-order valence-electron chi connectivity index (χ4n) is 3.78. The number of thiophene rings is 1. The van der Waals surface area contributed by atoms with E-state index in [9.17, 15) is 4.79 Å². The van der Waals surface area contributed by atoms with Crippen LogP contribution in [0.2, 0.25) is 0 Å². The number of H-pyrrole nitrogens is 1. The number of amides is 1. The second-order valence-electron chi connectivity index (χ2n) is 7.69. The predicted octanol–water partition coefficient (Wildman–Crippen LogP) is 4.65. The fourth-order valence-corrected chi connectivity index (χ4v) is 4.55. The molecule has 0 saturated heterocycles. The van der Waals surface area contributed by atoms with Gasteiger partial charge in [0.2, 0.25) is 5.95 Å². The summed E-state index contributed by atoms with van der Waals surface area (Å²) in [5.41, 5.74) is 4.41. The zero-order valence-electron chi connectivity index (χ0n) is 18.0. The maximum atomic E-state index is 13.1. The number of nitrogens with zero attached hydrogens (tertiary/aromatic N) is 5. The van der Waals surface area contributed by atoms with Crippen LogP contribution in [-0.4, -0.2) is 36.0 Å². The molecule has 10 heteroatoms. The van der Waals surface area contributed by atoms with Gasteiger partial charge in [0.05, 0.1) is 21.6 Å². The first kappa shape index (κ1) is 20.1. The van der Waals surface area contributed by atoms with E-state index in [1.807, 2.05) is 54.8 Å². The van der Waals surface area contributed by atoms with E-state index in [0.717, 1.165) is 33.0 Å². The Morgan fingerprint density at radius 2 is 2.06 bits per heavy atom. The molecule has 9 nitrogen and oxygen atoms in total. The molecular formula is C24H18N8OS. The lowest BCUT2D eigenvalue weighted by atomic mass is 10.1. The summed E-state index contributed by atoms with van der Waals surface area (Å²) in [6, 6.07) is 9.16. The zero-order chi connectivity index (χ0) is 23.1. The number of aromatic nitrogens is 5. The van der Waals surface area contributed by atoms with Crippen LogP contribution in [0.15, 0.2) is 89.4 Å². The Labute approximate surface area is 198 Å². The van der Waals surface area contributed by atoms with Crippen molar-refractivity contribution in [1.82, 2.24) is 30.0 Å². The Hall–Kier alpha value is -4.57. The number of hydrogen-bond acceptors (Lipinski definition) is 8. The summed E-state index contributed by atoms with van der Waals surface area (Å²) < 4.78 is 0.942. The highest BCUT2D eigenvalue weighted by Crippen LogP contribution is 2.32. The Morgan fingerprint density at radius 1 is 1.12 bits per heavy atom. The average molecular weight is 467 g/mol. The minimum atomic E-state index is -0.186. The number of carbonyl (C=O) groups is 1. The molecule has 0 aliphatic carbocycles. The molecule has 0 fully saturated rings. The molecule has 2 aliphatic rings. The highest BCUT2D eigenvalue weighted by atomic mass is 32.1. The molecule has 34 heavy (non-hydrogen) atoms. The second-order valence-corrected chi connectivity index (χ2v) is 8.61. The summed E-state index contributed by atoms with van der Waals surface area (Å²) in [7, 11) is 0. The summed E-state index contributed by atoms with van der Waals surface area (Å²) >= 11 is 1.56. The molecule has 0 unspecified atom stereocenters. The Morgan fingerprint density at radius 3 is 2.85 bits per heavy atom. The molecule has 2 aliphatic heterocycles. The number of hydrogen-bond donors (Lipinski definition) is 3. The number of anilines is 3. The van der Waals surface area contributed by atoms with Gasteiger partial charge in [-0.05, 0) is 54.8 Å². The van der Waals surface area contributed by atoms with E-state index in [1.165, 1.54) is 0 Å². The van der Waals surface area contributed by atoms with Crippen LogP contribution in [0, 0.1) is 6.92 Å². The van der Waals surface area contributed by atoms with Crippen molar-refractivity contribution in [1.29, 1.82) is 0 Å². The number of pyridine rings is 1. The van der Waals surface area contributed by atoms with Gasteiger partial charge in [0.1, 0.15) is 5.69 Å². The molecule has 0 spiro atoms. The van der Waals surface area contributed by atoms with Crippen LogP contribution in [0.25, 0.3) is 10.2 Å². The van der Waals surface area contributed by atoms with Crippen LogP contribution in [0.1, 0.15) is 16.2 Å². The van der Waals surface area contributed by atoms with Crippen LogP contribution in [0.3, 0.4) is 0 Å². The SMILES string of the molecule is Cc1cc(Nc2nc(NC3=CC4=CC=CC(=C3)N4C(=O)c3ccccn3)nc3ccsc23)n[nH]1. The predicted molar refractivity (Wildman–Crippen MR) is 131 cm³/mol. The standard InChI is InChI=1S/C24H18N8OS/c1-14-11-20(31-30-14)28-22-21-18(8-10-34-21)27-24(29-22)26-15-12-16-5-4-6-17(13-15)32(16)23(33)19-7-2-3-9-25-19/h2-13H,1H3,(H3,26,27,28,29,30,31). The quantitative estimate of drug-likeness (QED) is 0.392. The first-order valence-electron chi connectivity index (χ1n) is 10.5. The van der Waals surface area contributed by atoms with Crippen molar-refractivity contribution in [2.75, 3.05) is 10.6 Å². The smallest absolute Gasteiger partial charge is 0.281 e. The molecule has 3 N–H and O–H groups in total. The van der Waals surface area contributed by atoms with Crippen LogP contribution in [0.4, 0.5) is 17.6 Å². The molecule has 6 heterocycles. The van der Waals surface area contributed by atoms with Gasteiger partial charge in [-0.15, -0.1) is 11.3 Å². The van der Waals surface area contributed by atoms with Crippen molar-refractivity contribution >= 4 is 45.0 Å². The van der Waals surface area contributed by atoms with E-state index >= 15 is 0 Å². The van der Waals surface area contributed by atoms with E-state index in [0.29, 0.717) is 23.3 Å². The van der Waals surface area contributed by atoms with Crippen molar-refractivity contribution in [2.24, 2.45) is 0 Å². The number of allylic oxidation sites excluding steroid dienone is 5. The molecule has 1 amide bonds. The van der Waals surface area contributed by atoms with E-state index in [1.54, 1.807) is 40.6 Å². The lowest BCUT2D eigenvalue weighted by Gasteiger charge is -2.30. The maximum Gasteiger partial charge on any atom is 0.281 e. The molecule has 4 aromatic rings. The molecule has 4 aromatic heterocycles. The van der Waals surface area contributed by atoms with Crippen molar-refractivity contribution in [3.63, 3.8) is 0 Å². The summed E-state index contributed by atoms with van der Waals surface area (Å²) in [6.45, 7) is 1.94. The van der Waals surface area contributed by atoms with Gasteiger partial charge in [-0.1, -0.05) is 12.1 Å². The number of rotatable bonds is 5. The van der Waals surface area contributed by atoms with Crippen molar-refractivity contribution in [3.8, 4) is 0 Å². The zero-order valence-corrected chi connectivity index (χ0v) is 18.8. The van der Waals surface area contributed by atoms with E-state index in [-0.39, 0.29) is 5.91 Å². The van der Waals surface area contributed by atoms with Crippen molar-refractivity contribution in [2.45, 2.75) is 6.92 Å². The molecule has 0 atom stereocenters. The summed E-state index contributed by atoms with van der Waals surface area (Å²) in [5.74, 6) is 1.61. The third-order valence-electron chi connectivity index (χ3n) is 5.26. The summed E-state index contributed by atoms with van der Waals surface area (Å²) in [5, 5.41) is 15.7. The number of nitrogens with one attached hydrogen (secondary N) is 3. The monoisotopic (exact) mass is 466 g/mol. The number of aryl methyl sites for hydroxylation is 1. The van der Waals surface area contributed by atoms with Crippen molar-refractivity contribution < 1.29 is 4.79 Å². The van der Waals surface area contributed by atoms with E-state index in [4.69, 9.17) is 4.98 Å². The van der Waals surface area contributed by atoms with Gasteiger partial charge in [0.15, 0.2) is 11.6 Å². The highest BCUT2D eigenvalue weighted by Gasteiger charge is 2.27. The highest BCUT2D eigenvalue weighted by molar-refractivity contribution is 7.17. The third kappa shape index (κ3) is 3.65. The molecule has 0 aromatic carbocycles. The van der Waals surface area contributed by atoms with Gasteiger partial charge >= 0.3 is 0 Å². The molecule has 0 saturated carbocycles.